The van der Waals surface area contributed by atoms with Gasteiger partial charge in [-0.15, -0.1) is 0 Å². The lowest BCUT2D eigenvalue weighted by atomic mass is 10.2. The van der Waals surface area contributed by atoms with Crippen LogP contribution >= 0.6 is 0 Å². The van der Waals surface area contributed by atoms with Gasteiger partial charge in [0.25, 0.3) is 0 Å². The number of aliphatic carboxylic acids is 1. The van der Waals surface area contributed by atoms with Crippen molar-refractivity contribution in [3.63, 3.8) is 0 Å². The molecule has 5 nitrogen and oxygen atoms in total. The summed E-state index contributed by atoms with van der Waals surface area (Å²) in [5, 5.41) is 8.54. The van der Waals surface area contributed by atoms with Crippen LogP contribution in [0.15, 0.2) is 0 Å². The third kappa shape index (κ3) is 1.52. The molecule has 1 saturated carbocycles. The summed E-state index contributed by atoms with van der Waals surface area (Å²) in [6.45, 7) is 0.371. The maximum atomic E-state index is 11.8. The van der Waals surface area contributed by atoms with Gasteiger partial charge in [0.15, 0.2) is 0 Å². The third-order valence-electron chi connectivity index (χ3n) is 2.76. The van der Waals surface area contributed by atoms with Gasteiger partial charge in [0.05, 0.1) is 5.25 Å². The molecular formula is C8H13NO4S. The van der Waals surface area contributed by atoms with E-state index in [1.807, 2.05) is 0 Å². The molecule has 2 fully saturated rings. The Hall–Kier alpha value is -0.620. The zero-order valence-corrected chi connectivity index (χ0v) is 8.53. The molecule has 0 amide bonds. The van der Waals surface area contributed by atoms with Crippen LogP contribution in [0.3, 0.4) is 0 Å². The molecule has 1 atom stereocenters. The second-order valence-corrected chi connectivity index (χ2v) is 6.02. The molecule has 0 aromatic carbocycles. The second-order valence-electron chi connectivity index (χ2n) is 3.85. The number of sulfonamides is 1. The van der Waals surface area contributed by atoms with Crippen LogP contribution in [-0.2, 0) is 14.8 Å². The van der Waals surface area contributed by atoms with Crippen LogP contribution in [0.4, 0.5) is 0 Å². The Morgan fingerprint density at radius 2 is 1.93 bits per heavy atom. The number of carboxylic acid groups (broad SMARTS) is 1. The average Bonchev–Trinajstić information content (AvgIpc) is 2.82. The first kappa shape index (κ1) is 9.92. The quantitative estimate of drug-likeness (QED) is 0.726. The monoisotopic (exact) mass is 219 g/mol. The van der Waals surface area contributed by atoms with Gasteiger partial charge in [0.2, 0.25) is 10.0 Å². The summed E-state index contributed by atoms with van der Waals surface area (Å²) < 4.78 is 24.7. The van der Waals surface area contributed by atoms with Crippen molar-refractivity contribution in [2.75, 3.05) is 6.54 Å². The van der Waals surface area contributed by atoms with Crippen molar-refractivity contribution in [2.45, 2.75) is 37.0 Å². The van der Waals surface area contributed by atoms with E-state index in [9.17, 15) is 13.2 Å². The van der Waals surface area contributed by atoms with Crippen LogP contribution in [0.25, 0.3) is 0 Å². The summed E-state index contributed by atoms with van der Waals surface area (Å²) in [6, 6.07) is -0.819. The molecule has 1 aliphatic heterocycles. The number of rotatable bonds is 3. The summed E-state index contributed by atoms with van der Waals surface area (Å²) in [5.74, 6) is -1.02. The molecule has 14 heavy (non-hydrogen) atoms. The van der Waals surface area contributed by atoms with E-state index in [2.05, 4.69) is 0 Å². The number of carboxylic acids is 1. The summed E-state index contributed by atoms with van der Waals surface area (Å²) in [7, 11) is -3.31. The molecule has 0 bridgehead atoms. The first-order valence-corrected chi connectivity index (χ1v) is 6.27. The van der Waals surface area contributed by atoms with Crippen LogP contribution in [0.1, 0.15) is 25.7 Å². The van der Waals surface area contributed by atoms with Crippen molar-refractivity contribution in [2.24, 2.45) is 0 Å². The van der Waals surface area contributed by atoms with Gasteiger partial charge in [-0.2, -0.15) is 4.31 Å². The SMILES string of the molecule is O=C(O)[C@H]1CCCN1S(=O)(=O)C1CC1. The molecule has 0 aromatic heterocycles. The summed E-state index contributed by atoms with van der Waals surface area (Å²) in [4.78, 5) is 10.8. The van der Waals surface area contributed by atoms with Crippen LogP contribution in [-0.4, -0.2) is 41.6 Å². The normalized spacial score (nSPS) is 29.3. The fraction of sp³-hybridized carbons (Fsp3) is 0.875. The highest BCUT2D eigenvalue weighted by Crippen LogP contribution is 2.34. The lowest BCUT2D eigenvalue weighted by molar-refractivity contribution is -0.140. The Morgan fingerprint density at radius 1 is 1.29 bits per heavy atom. The molecule has 1 aliphatic carbocycles. The Morgan fingerprint density at radius 3 is 2.43 bits per heavy atom. The van der Waals surface area contributed by atoms with Gasteiger partial charge < -0.3 is 5.11 Å². The van der Waals surface area contributed by atoms with Crippen LogP contribution in [0, 0.1) is 0 Å². The smallest absolute Gasteiger partial charge is 0.322 e. The minimum atomic E-state index is -3.31. The van der Waals surface area contributed by atoms with Gasteiger partial charge in [-0.05, 0) is 25.7 Å². The van der Waals surface area contributed by atoms with E-state index in [1.165, 1.54) is 4.31 Å². The summed E-state index contributed by atoms with van der Waals surface area (Å²) >= 11 is 0. The minimum Gasteiger partial charge on any atom is -0.480 e. The van der Waals surface area contributed by atoms with Gasteiger partial charge in [-0.25, -0.2) is 8.42 Å². The lowest BCUT2D eigenvalue weighted by Gasteiger charge is -2.20. The third-order valence-corrected chi connectivity index (χ3v) is 5.17. The zero-order valence-electron chi connectivity index (χ0n) is 7.72. The fourth-order valence-corrected chi connectivity index (χ4v) is 3.90. The van der Waals surface area contributed by atoms with Crippen LogP contribution in [0.2, 0.25) is 0 Å². The van der Waals surface area contributed by atoms with E-state index in [0.717, 1.165) is 0 Å². The van der Waals surface area contributed by atoms with Gasteiger partial charge in [0, 0.05) is 6.54 Å². The van der Waals surface area contributed by atoms with Gasteiger partial charge in [0.1, 0.15) is 6.04 Å². The Labute approximate surface area is 82.8 Å². The maximum Gasteiger partial charge on any atom is 0.322 e. The molecule has 0 aromatic rings. The zero-order chi connectivity index (χ0) is 10.3. The molecule has 0 unspecified atom stereocenters. The Bertz CT molecular complexity index is 346. The second kappa shape index (κ2) is 3.20. The maximum absolute atomic E-state index is 11.8. The van der Waals surface area contributed by atoms with Crippen molar-refractivity contribution >= 4 is 16.0 Å². The molecule has 6 heteroatoms. The number of hydrogen-bond donors (Lipinski definition) is 1. The molecule has 1 N–H and O–H groups in total. The van der Waals surface area contributed by atoms with E-state index in [-0.39, 0.29) is 5.25 Å². The molecule has 0 radical (unpaired) electrons. The van der Waals surface area contributed by atoms with E-state index < -0.39 is 22.0 Å². The highest BCUT2D eigenvalue weighted by atomic mass is 32.2. The van der Waals surface area contributed by atoms with Crippen molar-refractivity contribution in [1.82, 2.24) is 4.31 Å². The van der Waals surface area contributed by atoms with E-state index in [1.54, 1.807) is 0 Å². The molecule has 80 valence electrons. The van der Waals surface area contributed by atoms with Gasteiger partial charge in [-0.3, -0.25) is 4.79 Å². The Balaban J connectivity index is 2.20. The molecule has 0 spiro atoms. The van der Waals surface area contributed by atoms with Crippen LogP contribution < -0.4 is 0 Å². The molecule has 2 aliphatic rings. The lowest BCUT2D eigenvalue weighted by Crippen LogP contribution is -2.42. The standard InChI is InChI=1S/C8H13NO4S/c10-8(11)7-2-1-5-9(7)14(12,13)6-3-4-6/h6-7H,1-5H2,(H,10,11)/t7-/m1/s1. The van der Waals surface area contributed by atoms with E-state index in [4.69, 9.17) is 5.11 Å². The number of hydrogen-bond acceptors (Lipinski definition) is 3. The highest BCUT2D eigenvalue weighted by Gasteiger charge is 2.46. The summed E-state index contributed by atoms with van der Waals surface area (Å²) in [6.07, 6.45) is 2.47. The number of carbonyl (C=O) groups is 1. The van der Waals surface area contributed by atoms with Crippen molar-refractivity contribution in [3.05, 3.63) is 0 Å². The first-order valence-electron chi connectivity index (χ1n) is 4.77. The largest absolute Gasteiger partial charge is 0.480 e. The predicted molar refractivity (Wildman–Crippen MR) is 49.3 cm³/mol. The highest BCUT2D eigenvalue weighted by molar-refractivity contribution is 7.90. The van der Waals surface area contributed by atoms with Crippen molar-refractivity contribution in [1.29, 1.82) is 0 Å². The summed E-state index contributed by atoms with van der Waals surface area (Å²) in [5.41, 5.74) is 0. The molecule has 1 heterocycles. The van der Waals surface area contributed by atoms with Crippen LogP contribution in [0.5, 0.6) is 0 Å². The fourth-order valence-electron chi connectivity index (χ4n) is 1.85. The number of nitrogens with zero attached hydrogens (tertiary/aromatic N) is 1. The van der Waals surface area contributed by atoms with Crippen molar-refractivity contribution < 1.29 is 18.3 Å². The van der Waals surface area contributed by atoms with Gasteiger partial charge >= 0.3 is 5.97 Å². The average molecular weight is 219 g/mol. The van der Waals surface area contributed by atoms with E-state index >= 15 is 0 Å². The molecule has 1 saturated heterocycles. The molecular weight excluding hydrogens is 206 g/mol. The van der Waals surface area contributed by atoms with Crippen molar-refractivity contribution in [3.8, 4) is 0 Å². The molecule has 2 rings (SSSR count). The predicted octanol–water partition coefficient (Wildman–Crippen LogP) is 0.0276. The topological polar surface area (TPSA) is 74.7 Å². The van der Waals surface area contributed by atoms with Gasteiger partial charge in [-0.1, -0.05) is 0 Å². The van der Waals surface area contributed by atoms with E-state index in [0.29, 0.717) is 32.2 Å². The minimum absolute atomic E-state index is 0.303. The Kier molecular flexibility index (Phi) is 2.27. The first-order chi connectivity index (χ1) is 6.53.